The molecule has 0 atom stereocenters. The van der Waals surface area contributed by atoms with E-state index in [0.717, 1.165) is 22.2 Å². The first-order valence-corrected chi connectivity index (χ1v) is 9.35. The molecule has 8 heteroatoms. The van der Waals surface area contributed by atoms with Crippen molar-refractivity contribution in [3.05, 3.63) is 65.1 Å². The minimum atomic E-state index is -0.343. The summed E-state index contributed by atoms with van der Waals surface area (Å²) in [7, 11) is 3.51. The number of hydrogen-bond acceptors (Lipinski definition) is 5. The molecule has 29 heavy (non-hydrogen) atoms. The molecule has 0 saturated heterocycles. The third-order valence-electron chi connectivity index (χ3n) is 4.59. The Kier molecular flexibility index (Phi) is 5.22. The van der Waals surface area contributed by atoms with Gasteiger partial charge in [0.2, 0.25) is 0 Å². The van der Waals surface area contributed by atoms with Gasteiger partial charge in [0.05, 0.1) is 36.6 Å². The Morgan fingerprint density at radius 3 is 2.90 bits per heavy atom. The van der Waals surface area contributed by atoms with E-state index in [2.05, 4.69) is 15.2 Å². The maximum Gasteiger partial charge on any atom is 0.312 e. The number of ether oxygens (including phenoxy) is 2. The first-order chi connectivity index (χ1) is 14.0. The predicted octanol–water partition coefficient (Wildman–Crippen LogP) is 3.91. The number of benzene rings is 2. The molecule has 0 fully saturated rings. The Balaban J connectivity index is 1.40. The molecule has 2 heterocycles. The summed E-state index contributed by atoms with van der Waals surface area (Å²) in [4.78, 5) is 16.6. The summed E-state index contributed by atoms with van der Waals surface area (Å²) < 4.78 is 12.7. The molecule has 0 spiro atoms. The molecule has 0 aliphatic carbocycles. The highest BCUT2D eigenvalue weighted by atomic mass is 35.5. The average Bonchev–Trinajstić information content (AvgIpc) is 3.33. The number of nitrogens with zero attached hydrogens (tertiary/aromatic N) is 3. The van der Waals surface area contributed by atoms with Gasteiger partial charge in [-0.15, -0.1) is 0 Å². The molecule has 0 bridgehead atoms. The molecule has 7 nitrogen and oxygen atoms in total. The van der Waals surface area contributed by atoms with Crippen molar-refractivity contribution in [1.82, 2.24) is 19.7 Å². The zero-order chi connectivity index (χ0) is 20.4. The van der Waals surface area contributed by atoms with Crippen LogP contribution in [0, 0.1) is 0 Å². The smallest absolute Gasteiger partial charge is 0.312 e. The number of aryl methyl sites for hydroxylation is 1. The largest absolute Gasteiger partial charge is 0.496 e. The van der Waals surface area contributed by atoms with E-state index in [1.807, 2.05) is 35.9 Å². The number of halogens is 1. The van der Waals surface area contributed by atoms with E-state index in [1.54, 1.807) is 31.6 Å². The van der Waals surface area contributed by atoms with Crippen LogP contribution in [0.3, 0.4) is 0 Å². The number of hydrogen-bond donors (Lipinski definition) is 1. The fourth-order valence-electron chi connectivity index (χ4n) is 3.11. The summed E-state index contributed by atoms with van der Waals surface area (Å²) in [5, 5.41) is 7.72. The van der Waals surface area contributed by atoms with Gasteiger partial charge in [0.1, 0.15) is 12.4 Å². The first kappa shape index (κ1) is 19.0. The summed E-state index contributed by atoms with van der Waals surface area (Å²) >= 11 is 6.00. The van der Waals surface area contributed by atoms with Crippen LogP contribution in [-0.2, 0) is 29.6 Å². The zero-order valence-corrected chi connectivity index (χ0v) is 16.7. The van der Waals surface area contributed by atoms with Crippen molar-refractivity contribution in [2.75, 3.05) is 7.11 Å². The Morgan fingerprint density at radius 1 is 1.21 bits per heavy atom. The number of carbonyl (C=O) groups excluding carboxylic acids is 1. The van der Waals surface area contributed by atoms with Gasteiger partial charge < -0.3 is 14.0 Å². The van der Waals surface area contributed by atoms with Gasteiger partial charge in [0.15, 0.2) is 0 Å². The van der Waals surface area contributed by atoms with Crippen molar-refractivity contribution in [2.45, 2.75) is 13.0 Å². The lowest BCUT2D eigenvalue weighted by molar-refractivity contribution is -0.144. The summed E-state index contributed by atoms with van der Waals surface area (Å²) in [6, 6.07) is 12.9. The first-order valence-electron chi connectivity index (χ1n) is 8.97. The zero-order valence-electron chi connectivity index (χ0n) is 16.0. The number of H-pyrrole nitrogens is 1. The highest BCUT2D eigenvalue weighted by molar-refractivity contribution is 6.30. The topological polar surface area (TPSA) is 82.0 Å². The number of methoxy groups -OCH3 is 1. The third kappa shape index (κ3) is 4.09. The number of fused-ring (bicyclic) bond motifs is 1. The fraction of sp³-hybridized carbons (Fsp3) is 0.190. The van der Waals surface area contributed by atoms with Crippen molar-refractivity contribution in [2.24, 2.45) is 7.05 Å². The molecule has 2 aromatic carbocycles. The van der Waals surface area contributed by atoms with E-state index in [0.29, 0.717) is 22.2 Å². The highest BCUT2D eigenvalue weighted by Crippen LogP contribution is 2.31. The lowest BCUT2D eigenvalue weighted by Gasteiger charge is -2.06. The minimum absolute atomic E-state index is 0.0920. The Labute approximate surface area is 172 Å². The van der Waals surface area contributed by atoms with Gasteiger partial charge >= 0.3 is 5.97 Å². The van der Waals surface area contributed by atoms with Crippen LogP contribution >= 0.6 is 11.6 Å². The Bertz CT molecular complexity index is 1180. The molecule has 0 amide bonds. The van der Waals surface area contributed by atoms with E-state index in [1.165, 1.54) is 0 Å². The van der Waals surface area contributed by atoms with Crippen LogP contribution in [0.4, 0.5) is 0 Å². The van der Waals surface area contributed by atoms with Crippen LogP contribution in [0.5, 0.6) is 5.75 Å². The van der Waals surface area contributed by atoms with Crippen LogP contribution in [0.25, 0.3) is 22.3 Å². The number of imidazole rings is 1. The number of esters is 1. The van der Waals surface area contributed by atoms with Crippen LogP contribution in [-0.4, -0.2) is 32.8 Å². The molecule has 0 aliphatic heterocycles. The number of nitrogens with one attached hydrogen (secondary N) is 1. The highest BCUT2D eigenvalue weighted by Gasteiger charge is 2.13. The molecule has 0 radical (unpaired) electrons. The minimum Gasteiger partial charge on any atom is -0.496 e. The molecule has 0 unspecified atom stereocenters. The van der Waals surface area contributed by atoms with Crippen LogP contribution in [0.15, 0.2) is 48.8 Å². The summed E-state index contributed by atoms with van der Waals surface area (Å²) in [6.45, 7) is 0.192. The second kappa shape index (κ2) is 7.97. The summed E-state index contributed by atoms with van der Waals surface area (Å²) in [5.41, 5.74) is 4.90. The van der Waals surface area contributed by atoms with E-state index in [9.17, 15) is 4.79 Å². The van der Waals surface area contributed by atoms with Gasteiger partial charge in [-0.2, -0.15) is 5.10 Å². The Morgan fingerprint density at radius 2 is 2.07 bits per heavy atom. The molecular weight excluding hydrogens is 392 g/mol. The van der Waals surface area contributed by atoms with E-state index in [4.69, 9.17) is 21.1 Å². The van der Waals surface area contributed by atoms with Gasteiger partial charge in [-0.25, -0.2) is 4.98 Å². The lowest BCUT2D eigenvalue weighted by atomic mass is 10.1. The standard InChI is InChI=1S/C21H19ClN4O3/c1-26-12-23-18-7-13(3-6-19(18)26)11-29-21(27)10-15-9-17(25-24-15)16-5-4-14(22)8-20(16)28-2/h3-9,12H,10-11H2,1-2H3,(H,24,25). The molecule has 4 rings (SSSR count). The molecule has 2 aromatic heterocycles. The summed E-state index contributed by atoms with van der Waals surface area (Å²) in [5.74, 6) is 0.271. The number of aromatic nitrogens is 4. The molecule has 0 aliphatic rings. The maximum absolute atomic E-state index is 12.2. The van der Waals surface area contributed by atoms with Crippen molar-refractivity contribution in [3.8, 4) is 17.0 Å². The van der Waals surface area contributed by atoms with Crippen LogP contribution < -0.4 is 4.74 Å². The van der Waals surface area contributed by atoms with Gasteiger partial charge in [-0.1, -0.05) is 17.7 Å². The average molecular weight is 411 g/mol. The normalized spacial score (nSPS) is 11.0. The molecule has 148 valence electrons. The van der Waals surface area contributed by atoms with E-state index in [-0.39, 0.29) is 19.0 Å². The molecule has 4 aromatic rings. The van der Waals surface area contributed by atoms with Crippen molar-refractivity contribution < 1.29 is 14.3 Å². The van der Waals surface area contributed by atoms with Gasteiger partial charge in [0.25, 0.3) is 0 Å². The lowest BCUT2D eigenvalue weighted by Crippen LogP contribution is -2.08. The molecule has 0 saturated carbocycles. The number of rotatable bonds is 6. The predicted molar refractivity (Wildman–Crippen MR) is 110 cm³/mol. The SMILES string of the molecule is COc1cc(Cl)ccc1-c1cc(CC(=O)OCc2ccc3c(c2)ncn3C)[nH]n1. The second-order valence-corrected chi connectivity index (χ2v) is 7.08. The molecule has 1 N–H and O–H groups in total. The van der Waals surface area contributed by atoms with E-state index < -0.39 is 0 Å². The van der Waals surface area contributed by atoms with Crippen molar-refractivity contribution >= 4 is 28.6 Å². The molecular formula is C21H19ClN4O3. The van der Waals surface area contributed by atoms with Crippen molar-refractivity contribution in [1.29, 1.82) is 0 Å². The number of carbonyl (C=O) groups is 1. The maximum atomic E-state index is 12.2. The second-order valence-electron chi connectivity index (χ2n) is 6.64. The van der Waals surface area contributed by atoms with Gasteiger partial charge in [-0.05, 0) is 42.0 Å². The number of aromatic amines is 1. The third-order valence-corrected chi connectivity index (χ3v) is 4.83. The fourth-order valence-corrected chi connectivity index (χ4v) is 3.27. The van der Waals surface area contributed by atoms with Crippen LogP contribution in [0.1, 0.15) is 11.3 Å². The van der Waals surface area contributed by atoms with Crippen molar-refractivity contribution in [3.63, 3.8) is 0 Å². The van der Waals surface area contributed by atoms with Crippen LogP contribution in [0.2, 0.25) is 5.02 Å². The van der Waals surface area contributed by atoms with Gasteiger partial charge in [-0.3, -0.25) is 9.89 Å². The van der Waals surface area contributed by atoms with Gasteiger partial charge in [0, 0.05) is 23.3 Å². The Hall–Kier alpha value is -3.32. The quantitative estimate of drug-likeness (QED) is 0.487. The summed E-state index contributed by atoms with van der Waals surface area (Å²) in [6.07, 6.45) is 1.85. The monoisotopic (exact) mass is 410 g/mol. The van der Waals surface area contributed by atoms with E-state index >= 15 is 0 Å².